The number of carbonyl (C=O) groups excluding carboxylic acids is 1. The molecule has 5 rings (SSSR count). The molecule has 196 valence electrons. The SMILES string of the molecule is Cc1nonc1CN(C)Cc1cc(-c2ccc3c(c2)OCO3)ccc1OCC(=O)N(C)C1CCCCC1. The van der Waals surface area contributed by atoms with Gasteiger partial charge in [0, 0.05) is 31.7 Å². The second kappa shape index (κ2) is 11.2. The lowest BCUT2D eigenvalue weighted by Gasteiger charge is -2.31. The van der Waals surface area contributed by atoms with E-state index in [0.29, 0.717) is 24.9 Å². The normalized spacial score (nSPS) is 15.2. The minimum Gasteiger partial charge on any atom is -0.483 e. The molecule has 0 atom stereocenters. The highest BCUT2D eigenvalue weighted by atomic mass is 16.7. The summed E-state index contributed by atoms with van der Waals surface area (Å²) in [4.78, 5) is 16.9. The monoisotopic (exact) mass is 506 g/mol. The molecule has 2 aliphatic rings. The Morgan fingerprint density at radius 3 is 2.51 bits per heavy atom. The number of carbonyl (C=O) groups is 1. The fraction of sp³-hybridized carbons (Fsp3) is 0.464. The maximum atomic E-state index is 12.9. The number of rotatable bonds is 9. The van der Waals surface area contributed by atoms with E-state index >= 15 is 0 Å². The number of fused-ring (bicyclic) bond motifs is 1. The number of benzene rings is 2. The maximum absolute atomic E-state index is 12.9. The lowest BCUT2D eigenvalue weighted by molar-refractivity contribution is -0.134. The van der Waals surface area contributed by atoms with Crippen LogP contribution >= 0.6 is 0 Å². The summed E-state index contributed by atoms with van der Waals surface area (Å²) in [6, 6.07) is 12.3. The molecule has 2 aromatic carbocycles. The molecule has 2 heterocycles. The van der Waals surface area contributed by atoms with Crippen molar-refractivity contribution in [3.05, 3.63) is 53.3 Å². The van der Waals surface area contributed by atoms with E-state index in [1.165, 1.54) is 19.3 Å². The van der Waals surface area contributed by atoms with Crippen LogP contribution in [-0.2, 0) is 17.9 Å². The highest BCUT2D eigenvalue weighted by Gasteiger charge is 2.23. The molecule has 1 fully saturated rings. The number of hydrogen-bond acceptors (Lipinski definition) is 8. The molecular formula is C28H34N4O5. The van der Waals surface area contributed by atoms with Crippen molar-refractivity contribution < 1.29 is 23.6 Å². The van der Waals surface area contributed by atoms with Gasteiger partial charge >= 0.3 is 0 Å². The van der Waals surface area contributed by atoms with Crippen molar-refractivity contribution in [2.24, 2.45) is 0 Å². The Bertz CT molecular complexity index is 1240. The van der Waals surface area contributed by atoms with E-state index in [1.807, 2.05) is 56.3 Å². The summed E-state index contributed by atoms with van der Waals surface area (Å²) < 4.78 is 22.0. The third-order valence-corrected chi connectivity index (χ3v) is 7.24. The number of ether oxygens (including phenoxy) is 3. The predicted molar refractivity (Wildman–Crippen MR) is 137 cm³/mol. The van der Waals surface area contributed by atoms with Gasteiger partial charge in [0.25, 0.3) is 5.91 Å². The van der Waals surface area contributed by atoms with E-state index in [2.05, 4.69) is 21.3 Å². The van der Waals surface area contributed by atoms with Crippen molar-refractivity contribution in [2.75, 3.05) is 27.5 Å². The number of likely N-dealkylation sites (N-methyl/N-ethyl adjacent to an activating group) is 1. The van der Waals surface area contributed by atoms with Crippen LogP contribution < -0.4 is 14.2 Å². The number of hydrogen-bond donors (Lipinski definition) is 0. The molecule has 1 aliphatic carbocycles. The summed E-state index contributed by atoms with van der Waals surface area (Å²) in [5, 5.41) is 7.89. The third kappa shape index (κ3) is 5.88. The second-order valence-electron chi connectivity index (χ2n) is 9.94. The highest BCUT2D eigenvalue weighted by Crippen LogP contribution is 2.37. The summed E-state index contributed by atoms with van der Waals surface area (Å²) in [5.41, 5.74) is 4.58. The first-order valence-electron chi connectivity index (χ1n) is 12.9. The Morgan fingerprint density at radius 2 is 1.73 bits per heavy atom. The quantitative estimate of drug-likeness (QED) is 0.417. The van der Waals surface area contributed by atoms with E-state index in [4.69, 9.17) is 18.8 Å². The van der Waals surface area contributed by atoms with E-state index in [0.717, 1.165) is 52.4 Å². The molecule has 9 heteroatoms. The molecule has 0 radical (unpaired) electrons. The first-order chi connectivity index (χ1) is 18.0. The standard InChI is InChI=1S/C28H34N4O5/c1-19-24(30-37-29-19)16-31(2)15-22-13-20(21-10-12-26-27(14-21)36-18-35-26)9-11-25(22)34-17-28(33)32(3)23-7-5-4-6-8-23/h9-14,23H,4-8,15-18H2,1-3H3. The average molecular weight is 507 g/mol. The first-order valence-corrected chi connectivity index (χ1v) is 12.9. The van der Waals surface area contributed by atoms with E-state index < -0.39 is 0 Å². The summed E-state index contributed by atoms with van der Waals surface area (Å²) in [5.74, 6) is 2.19. The number of nitrogens with zero attached hydrogens (tertiary/aromatic N) is 4. The maximum Gasteiger partial charge on any atom is 0.260 e. The van der Waals surface area contributed by atoms with Crippen molar-refractivity contribution in [2.45, 2.75) is 58.2 Å². The van der Waals surface area contributed by atoms with E-state index in [1.54, 1.807) is 0 Å². The zero-order valence-corrected chi connectivity index (χ0v) is 21.7. The number of aromatic nitrogens is 2. The molecule has 0 unspecified atom stereocenters. The fourth-order valence-corrected chi connectivity index (χ4v) is 5.01. The molecule has 9 nitrogen and oxygen atoms in total. The van der Waals surface area contributed by atoms with Crippen molar-refractivity contribution in [1.29, 1.82) is 0 Å². The Labute approximate surface area is 217 Å². The molecule has 0 saturated heterocycles. The van der Waals surface area contributed by atoms with Gasteiger partial charge in [0.15, 0.2) is 18.1 Å². The third-order valence-electron chi connectivity index (χ3n) is 7.24. The zero-order chi connectivity index (χ0) is 25.8. The van der Waals surface area contributed by atoms with Crippen LogP contribution in [0.25, 0.3) is 11.1 Å². The van der Waals surface area contributed by atoms with Crippen LogP contribution in [0.2, 0.25) is 0 Å². The summed E-state index contributed by atoms with van der Waals surface area (Å²) >= 11 is 0. The van der Waals surface area contributed by atoms with Gasteiger partial charge in [-0.05, 0) is 62.2 Å². The summed E-state index contributed by atoms with van der Waals surface area (Å²) in [7, 11) is 3.90. The van der Waals surface area contributed by atoms with Crippen LogP contribution in [0.15, 0.2) is 41.0 Å². The highest BCUT2D eigenvalue weighted by molar-refractivity contribution is 5.78. The molecule has 3 aromatic rings. The molecule has 37 heavy (non-hydrogen) atoms. The molecule has 1 amide bonds. The van der Waals surface area contributed by atoms with Gasteiger partial charge in [-0.25, -0.2) is 4.63 Å². The Hall–Kier alpha value is -3.59. The number of amides is 1. The van der Waals surface area contributed by atoms with Gasteiger partial charge in [-0.2, -0.15) is 0 Å². The molecule has 1 saturated carbocycles. The minimum absolute atomic E-state index is 0.00958. The van der Waals surface area contributed by atoms with Crippen molar-refractivity contribution in [1.82, 2.24) is 20.1 Å². The van der Waals surface area contributed by atoms with Gasteiger partial charge < -0.3 is 19.1 Å². The topological polar surface area (TPSA) is 90.2 Å². The zero-order valence-electron chi connectivity index (χ0n) is 21.7. The summed E-state index contributed by atoms with van der Waals surface area (Å²) in [6.07, 6.45) is 5.76. The van der Waals surface area contributed by atoms with Crippen LogP contribution in [0.1, 0.15) is 49.1 Å². The van der Waals surface area contributed by atoms with Crippen molar-refractivity contribution in [3.8, 4) is 28.4 Å². The fourth-order valence-electron chi connectivity index (χ4n) is 5.01. The lowest BCUT2D eigenvalue weighted by Crippen LogP contribution is -2.40. The predicted octanol–water partition coefficient (Wildman–Crippen LogP) is 4.58. The Morgan fingerprint density at radius 1 is 0.973 bits per heavy atom. The van der Waals surface area contributed by atoms with Crippen molar-refractivity contribution >= 4 is 5.91 Å². The van der Waals surface area contributed by atoms with Crippen LogP contribution in [-0.4, -0.2) is 59.6 Å². The molecule has 0 spiro atoms. The number of aryl methyl sites for hydroxylation is 1. The molecular weight excluding hydrogens is 472 g/mol. The minimum atomic E-state index is 0.00958. The Balaban J connectivity index is 1.34. The second-order valence-corrected chi connectivity index (χ2v) is 9.94. The average Bonchev–Trinajstić information content (AvgIpc) is 3.55. The van der Waals surface area contributed by atoms with Crippen LogP contribution in [0.5, 0.6) is 17.2 Å². The van der Waals surface area contributed by atoms with Gasteiger partial charge in [0.1, 0.15) is 17.1 Å². The Kier molecular flexibility index (Phi) is 7.60. The van der Waals surface area contributed by atoms with Crippen LogP contribution in [0.3, 0.4) is 0 Å². The van der Waals surface area contributed by atoms with E-state index in [-0.39, 0.29) is 19.3 Å². The molecule has 0 N–H and O–H groups in total. The largest absolute Gasteiger partial charge is 0.483 e. The van der Waals surface area contributed by atoms with Gasteiger partial charge in [-0.1, -0.05) is 41.7 Å². The van der Waals surface area contributed by atoms with Gasteiger partial charge in [-0.15, -0.1) is 0 Å². The van der Waals surface area contributed by atoms with Crippen LogP contribution in [0, 0.1) is 6.92 Å². The summed E-state index contributed by atoms with van der Waals surface area (Å²) in [6.45, 7) is 3.29. The molecule has 0 bridgehead atoms. The lowest BCUT2D eigenvalue weighted by atomic mass is 9.94. The van der Waals surface area contributed by atoms with Gasteiger partial charge in [0.2, 0.25) is 6.79 Å². The molecule has 1 aliphatic heterocycles. The first kappa shape index (κ1) is 25.1. The van der Waals surface area contributed by atoms with Gasteiger partial charge in [0.05, 0.1) is 0 Å². The molecule has 1 aromatic heterocycles. The van der Waals surface area contributed by atoms with E-state index in [9.17, 15) is 4.79 Å². The van der Waals surface area contributed by atoms with Crippen LogP contribution in [0.4, 0.5) is 0 Å². The van der Waals surface area contributed by atoms with Gasteiger partial charge in [-0.3, -0.25) is 9.69 Å². The smallest absolute Gasteiger partial charge is 0.260 e. The van der Waals surface area contributed by atoms with Crippen molar-refractivity contribution in [3.63, 3.8) is 0 Å².